The molecule has 3 heterocycles. The lowest BCUT2D eigenvalue weighted by molar-refractivity contribution is 1.16. The van der Waals surface area contributed by atoms with E-state index in [1.165, 1.54) is 65.2 Å². The second kappa shape index (κ2) is 11.3. The minimum Gasteiger partial charge on any atom is -0.309 e. The van der Waals surface area contributed by atoms with Gasteiger partial charge in [0.1, 0.15) is 0 Å². The number of hydrogen-bond donors (Lipinski definition) is 0. The largest absolute Gasteiger partial charge is 0.309 e. The minimum absolute atomic E-state index is 0.945. The average molecular weight is 662 g/mol. The van der Waals surface area contributed by atoms with Crippen LogP contribution in [-0.4, -0.2) is 14.1 Å². The zero-order valence-corrected chi connectivity index (χ0v) is 28.2. The highest BCUT2D eigenvalue weighted by molar-refractivity contribution is 6.28. The molecular formula is C49H31N3. The SMILES string of the molecule is c1ccc(-c2cc(-n3c4cc5c6c7ccccc7ccc6n(-c6ccccc6)c5cc4c4c5ccccc5ccc43)cc(-c3ccccc3)n2)cc1. The molecule has 0 bridgehead atoms. The van der Waals surface area contributed by atoms with E-state index >= 15 is 0 Å². The summed E-state index contributed by atoms with van der Waals surface area (Å²) in [5, 5.41) is 9.95. The molecule has 0 aliphatic heterocycles. The van der Waals surface area contributed by atoms with Crippen molar-refractivity contribution in [3.8, 4) is 33.9 Å². The molecule has 0 radical (unpaired) electrons. The predicted molar refractivity (Wildman–Crippen MR) is 219 cm³/mol. The third kappa shape index (κ3) is 4.30. The number of pyridine rings is 1. The Bertz CT molecular complexity index is 3100. The van der Waals surface area contributed by atoms with Gasteiger partial charge < -0.3 is 9.13 Å². The van der Waals surface area contributed by atoms with Gasteiger partial charge in [-0.3, -0.25) is 0 Å². The van der Waals surface area contributed by atoms with Gasteiger partial charge in [0.05, 0.1) is 39.1 Å². The molecule has 0 unspecified atom stereocenters. The van der Waals surface area contributed by atoms with Gasteiger partial charge in [0.25, 0.3) is 0 Å². The molecule has 0 spiro atoms. The van der Waals surface area contributed by atoms with Crippen LogP contribution >= 0.6 is 0 Å². The maximum Gasteiger partial charge on any atom is 0.0730 e. The lowest BCUT2D eigenvalue weighted by atomic mass is 10.0. The summed E-state index contributed by atoms with van der Waals surface area (Å²) in [7, 11) is 0. The number of aromatic nitrogens is 3. The first-order valence-electron chi connectivity index (χ1n) is 17.8. The Kier molecular flexibility index (Phi) is 6.25. The van der Waals surface area contributed by atoms with Gasteiger partial charge in [-0.25, -0.2) is 4.98 Å². The normalized spacial score (nSPS) is 11.8. The summed E-state index contributed by atoms with van der Waals surface area (Å²) in [6.07, 6.45) is 0. The number of benzene rings is 8. The van der Waals surface area contributed by atoms with E-state index in [0.717, 1.165) is 33.9 Å². The third-order valence-corrected chi connectivity index (χ3v) is 10.7. The van der Waals surface area contributed by atoms with Gasteiger partial charge in [0.2, 0.25) is 0 Å². The Balaban J connectivity index is 1.34. The van der Waals surface area contributed by atoms with E-state index in [4.69, 9.17) is 4.98 Å². The van der Waals surface area contributed by atoms with Crippen LogP contribution in [0.25, 0.3) is 99.0 Å². The van der Waals surface area contributed by atoms with Crippen molar-refractivity contribution in [2.45, 2.75) is 0 Å². The van der Waals surface area contributed by atoms with Crippen LogP contribution in [0.1, 0.15) is 0 Å². The molecule has 8 aromatic carbocycles. The molecule has 0 saturated heterocycles. The number of para-hydroxylation sites is 1. The highest BCUT2D eigenvalue weighted by Crippen LogP contribution is 2.44. The second-order valence-corrected chi connectivity index (χ2v) is 13.6. The lowest BCUT2D eigenvalue weighted by Crippen LogP contribution is -1.98. The van der Waals surface area contributed by atoms with Crippen molar-refractivity contribution in [3.63, 3.8) is 0 Å². The van der Waals surface area contributed by atoms with Crippen LogP contribution in [0.5, 0.6) is 0 Å². The highest BCUT2D eigenvalue weighted by atomic mass is 15.0. The van der Waals surface area contributed by atoms with E-state index < -0.39 is 0 Å². The van der Waals surface area contributed by atoms with Crippen molar-refractivity contribution in [1.29, 1.82) is 0 Å². The Morgan fingerprint density at radius 1 is 0.308 bits per heavy atom. The molecular weight excluding hydrogens is 631 g/mol. The summed E-state index contributed by atoms with van der Waals surface area (Å²) < 4.78 is 4.91. The summed E-state index contributed by atoms with van der Waals surface area (Å²) >= 11 is 0. The number of nitrogens with zero attached hydrogens (tertiary/aromatic N) is 3. The fourth-order valence-corrected chi connectivity index (χ4v) is 8.36. The fourth-order valence-electron chi connectivity index (χ4n) is 8.36. The van der Waals surface area contributed by atoms with Gasteiger partial charge >= 0.3 is 0 Å². The number of hydrogen-bond acceptors (Lipinski definition) is 1. The zero-order chi connectivity index (χ0) is 34.2. The van der Waals surface area contributed by atoms with Crippen molar-refractivity contribution in [1.82, 2.24) is 14.1 Å². The summed E-state index contributed by atoms with van der Waals surface area (Å²) in [5.74, 6) is 0. The lowest BCUT2D eigenvalue weighted by Gasteiger charge is -2.13. The molecule has 0 N–H and O–H groups in total. The quantitative estimate of drug-likeness (QED) is 0.184. The number of fused-ring (bicyclic) bond motifs is 10. The Morgan fingerprint density at radius 2 is 0.731 bits per heavy atom. The molecule has 52 heavy (non-hydrogen) atoms. The summed E-state index contributed by atoms with van der Waals surface area (Å²) in [6, 6.07) is 67.9. The molecule has 242 valence electrons. The third-order valence-electron chi connectivity index (χ3n) is 10.7. The standard InChI is InChI=1S/C49H31N3/c1-4-16-34(17-5-1)42-28-37(29-43(50-42)35-18-6-2-7-19-35)52-45-27-25-33-15-11-13-23-39(33)49(45)41-30-46-40(31-47(41)52)48-38-22-12-10-14-32(38)24-26-44(48)51(46)36-20-8-3-9-21-36/h1-31H. The molecule has 3 aromatic heterocycles. The van der Waals surface area contributed by atoms with Crippen molar-refractivity contribution >= 4 is 65.2 Å². The molecule has 0 atom stereocenters. The zero-order valence-electron chi connectivity index (χ0n) is 28.2. The molecule has 11 aromatic rings. The van der Waals surface area contributed by atoms with Crippen molar-refractivity contribution in [2.75, 3.05) is 0 Å². The van der Waals surface area contributed by atoms with Crippen LogP contribution in [0.2, 0.25) is 0 Å². The van der Waals surface area contributed by atoms with Gasteiger partial charge in [0.15, 0.2) is 0 Å². The van der Waals surface area contributed by atoms with E-state index in [-0.39, 0.29) is 0 Å². The van der Waals surface area contributed by atoms with Gasteiger partial charge in [-0.1, -0.05) is 140 Å². The van der Waals surface area contributed by atoms with E-state index in [0.29, 0.717) is 0 Å². The van der Waals surface area contributed by atoms with E-state index in [1.54, 1.807) is 0 Å². The summed E-state index contributed by atoms with van der Waals surface area (Å²) in [4.78, 5) is 5.24. The summed E-state index contributed by atoms with van der Waals surface area (Å²) in [5.41, 5.74) is 11.0. The minimum atomic E-state index is 0.945. The molecule has 3 heteroatoms. The monoisotopic (exact) mass is 661 g/mol. The van der Waals surface area contributed by atoms with Crippen LogP contribution < -0.4 is 0 Å². The Labute approximate surface area is 300 Å². The molecule has 0 aliphatic rings. The maximum absolute atomic E-state index is 5.24. The Hall–Kier alpha value is -6.97. The van der Waals surface area contributed by atoms with Gasteiger partial charge in [-0.2, -0.15) is 0 Å². The molecule has 3 nitrogen and oxygen atoms in total. The Morgan fingerprint density at radius 3 is 1.23 bits per heavy atom. The van der Waals surface area contributed by atoms with Crippen LogP contribution in [0.15, 0.2) is 188 Å². The van der Waals surface area contributed by atoms with Crippen molar-refractivity contribution < 1.29 is 0 Å². The van der Waals surface area contributed by atoms with Crippen molar-refractivity contribution in [3.05, 3.63) is 188 Å². The average Bonchev–Trinajstić information content (AvgIpc) is 3.73. The van der Waals surface area contributed by atoms with Crippen LogP contribution in [0.4, 0.5) is 0 Å². The number of rotatable bonds is 4. The fraction of sp³-hybridized carbons (Fsp3) is 0. The predicted octanol–water partition coefficient (Wildman–Crippen LogP) is 12.9. The first-order valence-corrected chi connectivity index (χ1v) is 17.8. The van der Waals surface area contributed by atoms with Gasteiger partial charge in [0, 0.05) is 38.4 Å². The smallest absolute Gasteiger partial charge is 0.0730 e. The van der Waals surface area contributed by atoms with Crippen LogP contribution in [-0.2, 0) is 0 Å². The highest BCUT2D eigenvalue weighted by Gasteiger charge is 2.22. The van der Waals surface area contributed by atoms with E-state index in [2.05, 4.69) is 197 Å². The van der Waals surface area contributed by atoms with Crippen LogP contribution in [0.3, 0.4) is 0 Å². The molecule has 0 aliphatic carbocycles. The van der Waals surface area contributed by atoms with Gasteiger partial charge in [-0.05, 0) is 70.1 Å². The first kappa shape index (κ1) is 28.8. The molecule has 11 rings (SSSR count). The molecule has 0 amide bonds. The first-order chi connectivity index (χ1) is 25.8. The molecule has 0 saturated carbocycles. The maximum atomic E-state index is 5.24. The van der Waals surface area contributed by atoms with E-state index in [1.807, 2.05) is 0 Å². The topological polar surface area (TPSA) is 22.8 Å². The summed E-state index contributed by atoms with van der Waals surface area (Å²) in [6.45, 7) is 0. The van der Waals surface area contributed by atoms with Crippen LogP contribution in [0, 0.1) is 0 Å². The van der Waals surface area contributed by atoms with Crippen molar-refractivity contribution in [2.24, 2.45) is 0 Å². The molecule has 0 fully saturated rings. The second-order valence-electron chi connectivity index (χ2n) is 13.6. The van der Waals surface area contributed by atoms with E-state index in [9.17, 15) is 0 Å². The van der Waals surface area contributed by atoms with Gasteiger partial charge in [-0.15, -0.1) is 0 Å².